The van der Waals surface area contributed by atoms with Gasteiger partial charge in [-0.05, 0) is 35.8 Å². The van der Waals surface area contributed by atoms with Crippen LogP contribution in [-0.4, -0.2) is 18.4 Å². The van der Waals surface area contributed by atoms with E-state index in [9.17, 15) is 9.59 Å². The average Bonchev–Trinajstić information content (AvgIpc) is 3.07. The molecule has 150 valence electrons. The molecule has 0 saturated carbocycles. The van der Waals surface area contributed by atoms with Crippen molar-refractivity contribution in [3.8, 4) is 11.5 Å². The second-order valence-electron chi connectivity index (χ2n) is 6.90. The molecule has 0 fully saturated rings. The second kappa shape index (κ2) is 8.66. The lowest BCUT2D eigenvalue weighted by molar-refractivity contribution is -0.147. The first-order valence-electron chi connectivity index (χ1n) is 9.56. The van der Waals surface area contributed by atoms with E-state index in [2.05, 4.69) is 0 Å². The monoisotopic (exact) mass is 400 g/mol. The molecule has 1 aliphatic heterocycles. The molecule has 3 aromatic carbocycles. The first-order valence-corrected chi connectivity index (χ1v) is 9.56. The minimum Gasteiger partial charge on any atom is -0.482 e. The third-order valence-corrected chi connectivity index (χ3v) is 4.64. The molecule has 1 heterocycles. The second-order valence-corrected chi connectivity index (χ2v) is 6.90. The Balaban J connectivity index is 1.41. The zero-order valence-electron chi connectivity index (χ0n) is 16.5. The molecule has 0 amide bonds. The minimum absolute atomic E-state index is 0.167. The summed E-state index contributed by atoms with van der Waals surface area (Å²) in [5, 5.41) is 0. The highest BCUT2D eigenvalue weighted by Gasteiger charge is 2.30. The number of ether oxygens (including phenoxy) is 3. The first-order chi connectivity index (χ1) is 14.6. The highest BCUT2D eigenvalue weighted by atomic mass is 16.6. The van der Waals surface area contributed by atoms with Crippen LogP contribution < -0.4 is 9.47 Å². The van der Waals surface area contributed by atoms with Crippen LogP contribution in [0.1, 0.15) is 27.0 Å². The van der Waals surface area contributed by atoms with Gasteiger partial charge >= 0.3 is 5.97 Å². The van der Waals surface area contributed by atoms with Crippen LogP contribution in [0.15, 0.2) is 78.6 Å². The highest BCUT2D eigenvalue weighted by Crippen LogP contribution is 2.37. The fourth-order valence-corrected chi connectivity index (χ4v) is 3.18. The Kier molecular flexibility index (Phi) is 5.61. The number of carbonyl (C=O) groups excluding carboxylic acids is 2. The van der Waals surface area contributed by atoms with Crippen LogP contribution in [0.3, 0.4) is 0 Å². The standard InChI is InChI=1S/C25H20O5/c1-17-12-20(28-16-23(26)29-15-19-10-6-3-7-11-19)14-21-24(17)25(27)22(30-21)13-18-8-4-2-5-9-18/h2-14H,15-16H2,1H3/b22-13-. The largest absolute Gasteiger partial charge is 0.482 e. The Morgan fingerprint density at radius 2 is 1.70 bits per heavy atom. The topological polar surface area (TPSA) is 61.8 Å². The number of hydrogen-bond donors (Lipinski definition) is 0. The van der Waals surface area contributed by atoms with Gasteiger partial charge in [0.25, 0.3) is 0 Å². The minimum atomic E-state index is -0.473. The molecule has 0 unspecified atom stereocenters. The number of esters is 1. The van der Waals surface area contributed by atoms with E-state index >= 15 is 0 Å². The van der Waals surface area contributed by atoms with Crippen molar-refractivity contribution in [1.29, 1.82) is 0 Å². The van der Waals surface area contributed by atoms with Gasteiger partial charge in [-0.15, -0.1) is 0 Å². The van der Waals surface area contributed by atoms with Gasteiger partial charge in [-0.25, -0.2) is 4.79 Å². The van der Waals surface area contributed by atoms with Crippen LogP contribution >= 0.6 is 0 Å². The van der Waals surface area contributed by atoms with Gasteiger partial charge in [0.1, 0.15) is 18.1 Å². The van der Waals surface area contributed by atoms with E-state index in [4.69, 9.17) is 14.2 Å². The lowest BCUT2D eigenvalue weighted by Gasteiger charge is -2.09. The number of aryl methyl sites for hydroxylation is 1. The summed E-state index contributed by atoms with van der Waals surface area (Å²) in [5.41, 5.74) is 3.02. The molecule has 0 radical (unpaired) electrons. The van der Waals surface area contributed by atoms with E-state index < -0.39 is 5.97 Å². The summed E-state index contributed by atoms with van der Waals surface area (Å²) in [7, 11) is 0. The Bertz CT molecular complexity index is 1100. The molecule has 4 rings (SSSR count). The van der Waals surface area contributed by atoms with Gasteiger partial charge in [-0.1, -0.05) is 60.7 Å². The average molecular weight is 400 g/mol. The van der Waals surface area contributed by atoms with Gasteiger partial charge in [-0.3, -0.25) is 4.79 Å². The molecule has 0 bridgehead atoms. The van der Waals surface area contributed by atoms with Crippen molar-refractivity contribution in [2.75, 3.05) is 6.61 Å². The molecule has 3 aromatic rings. The molecule has 30 heavy (non-hydrogen) atoms. The van der Waals surface area contributed by atoms with Crippen molar-refractivity contribution in [1.82, 2.24) is 0 Å². The SMILES string of the molecule is Cc1cc(OCC(=O)OCc2ccccc2)cc2c1C(=O)/C(=C/c1ccccc1)O2. The normalized spacial score (nSPS) is 13.6. The number of rotatable bonds is 6. The first kappa shape index (κ1) is 19.5. The molecular formula is C25H20O5. The maximum Gasteiger partial charge on any atom is 0.344 e. The molecule has 0 spiro atoms. The lowest BCUT2D eigenvalue weighted by Crippen LogP contribution is -2.14. The fraction of sp³-hybridized carbons (Fsp3) is 0.120. The van der Waals surface area contributed by atoms with Crippen LogP contribution in [0, 0.1) is 6.92 Å². The highest BCUT2D eigenvalue weighted by molar-refractivity contribution is 6.15. The van der Waals surface area contributed by atoms with E-state index in [1.807, 2.05) is 67.6 Å². The number of hydrogen-bond acceptors (Lipinski definition) is 5. The van der Waals surface area contributed by atoms with Gasteiger partial charge < -0.3 is 14.2 Å². The third kappa shape index (κ3) is 4.41. The quantitative estimate of drug-likeness (QED) is 0.442. The van der Waals surface area contributed by atoms with E-state index in [0.717, 1.165) is 16.7 Å². The van der Waals surface area contributed by atoms with Crippen molar-refractivity contribution >= 4 is 17.8 Å². The Labute approximate surface area is 174 Å². The van der Waals surface area contributed by atoms with Gasteiger partial charge in [0, 0.05) is 6.07 Å². The predicted molar refractivity (Wildman–Crippen MR) is 112 cm³/mol. The number of benzene rings is 3. The van der Waals surface area contributed by atoms with Crippen LogP contribution in [0.25, 0.3) is 6.08 Å². The van der Waals surface area contributed by atoms with E-state index in [1.54, 1.807) is 18.2 Å². The summed E-state index contributed by atoms with van der Waals surface area (Å²) in [6, 6.07) is 22.3. The van der Waals surface area contributed by atoms with Gasteiger partial charge in [-0.2, -0.15) is 0 Å². The molecule has 0 atom stereocenters. The van der Waals surface area contributed by atoms with Crippen molar-refractivity contribution in [2.24, 2.45) is 0 Å². The number of fused-ring (bicyclic) bond motifs is 1. The fourth-order valence-electron chi connectivity index (χ4n) is 3.18. The molecular weight excluding hydrogens is 380 g/mol. The summed E-state index contributed by atoms with van der Waals surface area (Å²) in [6.45, 7) is 1.77. The molecule has 0 aliphatic carbocycles. The molecule has 5 heteroatoms. The maximum absolute atomic E-state index is 12.7. The summed E-state index contributed by atoms with van der Waals surface area (Å²) in [4.78, 5) is 24.7. The Morgan fingerprint density at radius 3 is 2.43 bits per heavy atom. The summed E-state index contributed by atoms with van der Waals surface area (Å²) >= 11 is 0. The summed E-state index contributed by atoms with van der Waals surface area (Å²) in [6.07, 6.45) is 1.71. The van der Waals surface area contributed by atoms with Crippen LogP contribution in [0.4, 0.5) is 0 Å². The van der Waals surface area contributed by atoms with E-state index in [0.29, 0.717) is 17.1 Å². The third-order valence-electron chi connectivity index (χ3n) is 4.64. The van der Waals surface area contributed by atoms with Crippen LogP contribution in [-0.2, 0) is 16.1 Å². The summed E-state index contributed by atoms with van der Waals surface area (Å²) in [5.74, 6) is 0.490. The van der Waals surface area contributed by atoms with E-state index in [1.165, 1.54) is 0 Å². The number of ketones is 1. The molecule has 1 aliphatic rings. The van der Waals surface area contributed by atoms with Crippen LogP contribution in [0.2, 0.25) is 0 Å². The lowest BCUT2D eigenvalue weighted by atomic mass is 10.0. The van der Waals surface area contributed by atoms with Crippen molar-refractivity contribution in [3.63, 3.8) is 0 Å². The molecule has 0 N–H and O–H groups in total. The Hall–Kier alpha value is -3.86. The van der Waals surface area contributed by atoms with Crippen molar-refractivity contribution < 1.29 is 23.8 Å². The summed E-state index contributed by atoms with van der Waals surface area (Å²) < 4.78 is 16.6. The van der Waals surface area contributed by atoms with Crippen molar-refractivity contribution in [3.05, 3.63) is 101 Å². The van der Waals surface area contributed by atoms with E-state index in [-0.39, 0.29) is 24.8 Å². The zero-order chi connectivity index (χ0) is 20.9. The molecule has 0 aromatic heterocycles. The number of allylic oxidation sites excluding steroid dienone is 1. The number of Topliss-reactive ketones (excluding diaryl/α,β-unsaturated/α-hetero) is 1. The zero-order valence-corrected chi connectivity index (χ0v) is 16.5. The van der Waals surface area contributed by atoms with Gasteiger partial charge in [0.05, 0.1) is 5.56 Å². The maximum atomic E-state index is 12.7. The smallest absolute Gasteiger partial charge is 0.344 e. The number of carbonyl (C=O) groups is 2. The van der Waals surface area contributed by atoms with Crippen LogP contribution in [0.5, 0.6) is 11.5 Å². The van der Waals surface area contributed by atoms with Crippen molar-refractivity contribution in [2.45, 2.75) is 13.5 Å². The molecule has 0 saturated heterocycles. The van der Waals surface area contributed by atoms with Gasteiger partial charge in [0.15, 0.2) is 12.4 Å². The molecule has 5 nitrogen and oxygen atoms in total. The predicted octanol–water partition coefficient (Wildman–Crippen LogP) is 4.73. The Morgan fingerprint density at radius 1 is 1.00 bits per heavy atom. The van der Waals surface area contributed by atoms with Gasteiger partial charge in [0.2, 0.25) is 5.78 Å².